The van der Waals surface area contributed by atoms with Crippen LogP contribution in [-0.4, -0.2) is 9.97 Å². The molecule has 0 unspecified atom stereocenters. The third-order valence-corrected chi connectivity index (χ3v) is 3.70. The van der Waals surface area contributed by atoms with Crippen LogP contribution in [0.1, 0.15) is 11.3 Å². The fraction of sp³-hybridized carbons (Fsp3) is 0.154. The van der Waals surface area contributed by atoms with Crippen LogP contribution in [0.4, 0.5) is 0 Å². The van der Waals surface area contributed by atoms with Gasteiger partial charge in [-0.2, -0.15) is 0 Å². The Morgan fingerprint density at radius 3 is 2.88 bits per heavy atom. The number of fused-ring (bicyclic) bond motifs is 1. The van der Waals surface area contributed by atoms with Crippen LogP contribution in [-0.2, 0) is 0 Å². The Labute approximate surface area is 98.0 Å². The summed E-state index contributed by atoms with van der Waals surface area (Å²) in [7, 11) is 0. The van der Waals surface area contributed by atoms with Gasteiger partial charge < -0.3 is 4.98 Å². The summed E-state index contributed by atoms with van der Waals surface area (Å²) in [6.07, 6.45) is 2.05. The van der Waals surface area contributed by atoms with Crippen LogP contribution < -0.4 is 0 Å². The second kappa shape index (κ2) is 3.46. The molecule has 2 heterocycles. The van der Waals surface area contributed by atoms with E-state index in [9.17, 15) is 0 Å². The highest BCUT2D eigenvalue weighted by Crippen LogP contribution is 2.33. The number of nitrogens with zero attached hydrogens (tertiary/aromatic N) is 1. The van der Waals surface area contributed by atoms with E-state index in [-0.39, 0.29) is 0 Å². The van der Waals surface area contributed by atoms with E-state index in [1.54, 1.807) is 11.3 Å². The first-order chi connectivity index (χ1) is 7.77. The van der Waals surface area contributed by atoms with Crippen molar-refractivity contribution in [2.24, 2.45) is 0 Å². The van der Waals surface area contributed by atoms with Gasteiger partial charge in [-0.05, 0) is 25.5 Å². The maximum absolute atomic E-state index is 4.46. The number of H-pyrrole nitrogens is 1. The van der Waals surface area contributed by atoms with Crippen molar-refractivity contribution in [2.45, 2.75) is 13.8 Å². The van der Waals surface area contributed by atoms with E-state index >= 15 is 0 Å². The largest absolute Gasteiger partial charge is 0.364 e. The minimum Gasteiger partial charge on any atom is -0.364 e. The summed E-state index contributed by atoms with van der Waals surface area (Å²) in [6.45, 7) is 4.23. The smallest absolute Gasteiger partial charge is 0.0891 e. The Bertz CT molecular complexity index is 629. The Hall–Kier alpha value is -1.61. The van der Waals surface area contributed by atoms with E-state index < -0.39 is 0 Å². The highest BCUT2D eigenvalue weighted by Gasteiger charge is 2.11. The van der Waals surface area contributed by atoms with Crippen molar-refractivity contribution in [3.63, 3.8) is 0 Å². The number of rotatable bonds is 1. The van der Waals surface area contributed by atoms with Crippen LogP contribution in [0.5, 0.6) is 0 Å². The van der Waals surface area contributed by atoms with Gasteiger partial charge in [-0.15, -0.1) is 11.3 Å². The highest BCUT2D eigenvalue weighted by atomic mass is 32.1. The summed E-state index contributed by atoms with van der Waals surface area (Å²) < 4.78 is 1.25. The minimum atomic E-state index is 1.11. The lowest BCUT2D eigenvalue weighted by Crippen LogP contribution is -1.83. The summed E-state index contributed by atoms with van der Waals surface area (Å²) in [6, 6.07) is 6.36. The molecule has 0 saturated carbocycles. The van der Waals surface area contributed by atoms with Crippen molar-refractivity contribution < 1.29 is 0 Å². The molecule has 0 amide bonds. The molecule has 0 aliphatic rings. The molecule has 0 saturated heterocycles. The molecule has 0 atom stereocenters. The number of nitrogens with one attached hydrogen (secondary N) is 1. The van der Waals surface area contributed by atoms with Crippen LogP contribution in [0.3, 0.4) is 0 Å². The third-order valence-electron chi connectivity index (χ3n) is 2.90. The molecule has 0 bridgehead atoms. The molecular weight excluding hydrogens is 216 g/mol. The lowest BCUT2D eigenvalue weighted by Gasteiger charge is -2.03. The van der Waals surface area contributed by atoms with Crippen molar-refractivity contribution in [3.05, 3.63) is 41.2 Å². The van der Waals surface area contributed by atoms with Gasteiger partial charge in [-0.1, -0.05) is 12.1 Å². The molecule has 3 heteroatoms. The molecule has 2 nitrogen and oxygen atoms in total. The number of aromatic amines is 1. The molecule has 3 rings (SSSR count). The topological polar surface area (TPSA) is 28.7 Å². The molecule has 1 aromatic carbocycles. The Kier molecular flexibility index (Phi) is 2.07. The van der Waals surface area contributed by atoms with Crippen molar-refractivity contribution in [1.82, 2.24) is 9.97 Å². The van der Waals surface area contributed by atoms with Gasteiger partial charge >= 0.3 is 0 Å². The standard InChI is InChI=1S/C13H12N2S/c1-8-6-14-9(2)12(8)10-4-3-5-11-13(10)15-7-16-11/h3-7,14H,1-2H3. The van der Waals surface area contributed by atoms with Gasteiger partial charge in [-0.25, -0.2) is 4.98 Å². The van der Waals surface area contributed by atoms with Gasteiger partial charge in [0, 0.05) is 23.0 Å². The monoisotopic (exact) mass is 228 g/mol. The number of hydrogen-bond donors (Lipinski definition) is 1. The molecular formula is C13H12N2S. The Morgan fingerprint density at radius 1 is 1.25 bits per heavy atom. The second-order valence-electron chi connectivity index (χ2n) is 3.98. The summed E-state index contributed by atoms with van der Waals surface area (Å²) in [4.78, 5) is 7.73. The number of aromatic nitrogens is 2. The molecule has 0 aliphatic heterocycles. The predicted molar refractivity (Wildman–Crippen MR) is 68.9 cm³/mol. The zero-order chi connectivity index (χ0) is 11.1. The molecule has 0 radical (unpaired) electrons. The zero-order valence-corrected chi connectivity index (χ0v) is 10.1. The minimum absolute atomic E-state index is 1.11. The quantitative estimate of drug-likeness (QED) is 0.672. The van der Waals surface area contributed by atoms with Crippen LogP contribution in [0.2, 0.25) is 0 Å². The van der Waals surface area contributed by atoms with Gasteiger partial charge in [0.1, 0.15) is 0 Å². The fourth-order valence-corrected chi connectivity index (χ4v) is 2.86. The number of para-hydroxylation sites is 1. The maximum Gasteiger partial charge on any atom is 0.0891 e. The fourth-order valence-electron chi connectivity index (χ4n) is 2.16. The molecule has 3 aromatic rings. The van der Waals surface area contributed by atoms with Crippen molar-refractivity contribution in [2.75, 3.05) is 0 Å². The average molecular weight is 228 g/mol. The number of hydrogen-bond acceptors (Lipinski definition) is 2. The van der Waals surface area contributed by atoms with Gasteiger partial charge in [0.25, 0.3) is 0 Å². The van der Waals surface area contributed by atoms with Crippen LogP contribution in [0.25, 0.3) is 21.3 Å². The summed E-state index contributed by atoms with van der Waals surface area (Å²) in [5, 5.41) is 0. The van der Waals surface area contributed by atoms with Gasteiger partial charge in [0.15, 0.2) is 0 Å². The molecule has 1 N–H and O–H groups in total. The maximum atomic E-state index is 4.46. The normalized spacial score (nSPS) is 11.1. The second-order valence-corrected chi connectivity index (χ2v) is 4.86. The zero-order valence-electron chi connectivity index (χ0n) is 9.24. The molecule has 0 aliphatic carbocycles. The van der Waals surface area contributed by atoms with E-state index in [4.69, 9.17) is 0 Å². The Morgan fingerprint density at radius 2 is 2.12 bits per heavy atom. The van der Waals surface area contributed by atoms with E-state index in [0.717, 1.165) is 5.52 Å². The highest BCUT2D eigenvalue weighted by molar-refractivity contribution is 7.16. The van der Waals surface area contributed by atoms with Gasteiger partial charge in [-0.3, -0.25) is 0 Å². The van der Waals surface area contributed by atoms with E-state index in [1.807, 2.05) is 5.51 Å². The average Bonchev–Trinajstić information content (AvgIpc) is 2.86. The summed E-state index contributed by atoms with van der Waals surface area (Å²) in [5.74, 6) is 0. The van der Waals surface area contributed by atoms with E-state index in [2.05, 4.69) is 48.2 Å². The lowest BCUT2D eigenvalue weighted by atomic mass is 10.0. The van der Waals surface area contributed by atoms with Crippen LogP contribution in [0, 0.1) is 13.8 Å². The SMILES string of the molecule is Cc1c[nH]c(C)c1-c1cccc2scnc12. The Balaban J connectivity index is 2.38. The van der Waals surface area contributed by atoms with Crippen LogP contribution in [0.15, 0.2) is 29.9 Å². The van der Waals surface area contributed by atoms with E-state index in [0.29, 0.717) is 0 Å². The molecule has 0 spiro atoms. The third kappa shape index (κ3) is 1.28. The molecule has 80 valence electrons. The first kappa shape index (κ1) is 9.60. The first-order valence-corrected chi connectivity index (χ1v) is 6.12. The first-order valence-electron chi connectivity index (χ1n) is 5.24. The van der Waals surface area contributed by atoms with Crippen molar-refractivity contribution >= 4 is 21.6 Å². The molecule has 2 aromatic heterocycles. The van der Waals surface area contributed by atoms with Gasteiger partial charge in [0.2, 0.25) is 0 Å². The van der Waals surface area contributed by atoms with Crippen LogP contribution >= 0.6 is 11.3 Å². The predicted octanol–water partition coefficient (Wildman–Crippen LogP) is 3.91. The lowest BCUT2D eigenvalue weighted by molar-refractivity contribution is 1.26. The summed E-state index contributed by atoms with van der Waals surface area (Å²) >= 11 is 1.69. The summed E-state index contributed by atoms with van der Waals surface area (Å²) in [5.41, 5.74) is 8.02. The number of thiazole rings is 1. The van der Waals surface area contributed by atoms with E-state index in [1.165, 1.54) is 27.1 Å². The molecule has 16 heavy (non-hydrogen) atoms. The number of benzene rings is 1. The number of aryl methyl sites for hydroxylation is 2. The van der Waals surface area contributed by atoms with Crippen molar-refractivity contribution in [3.8, 4) is 11.1 Å². The molecule has 0 fully saturated rings. The van der Waals surface area contributed by atoms with Gasteiger partial charge in [0.05, 0.1) is 15.7 Å². The van der Waals surface area contributed by atoms with Crippen molar-refractivity contribution in [1.29, 1.82) is 0 Å².